The Morgan fingerprint density at radius 3 is 2.50 bits per heavy atom. The van der Waals surface area contributed by atoms with Crippen LogP contribution in [0.25, 0.3) is 0 Å². The van der Waals surface area contributed by atoms with E-state index in [1.54, 1.807) is 23.1 Å². The lowest BCUT2D eigenvalue weighted by molar-refractivity contribution is 0.0147. The minimum atomic E-state index is -0.466. The minimum absolute atomic E-state index is 0.215. The lowest BCUT2D eigenvalue weighted by Gasteiger charge is -2.37. The van der Waals surface area contributed by atoms with Gasteiger partial charge in [-0.25, -0.2) is 4.79 Å². The Morgan fingerprint density at radius 1 is 1.27 bits per heavy atom. The molecule has 2 rings (SSSR count). The second kappa shape index (κ2) is 9.16. The first-order chi connectivity index (χ1) is 12.2. The predicted molar refractivity (Wildman–Crippen MR) is 105 cm³/mol. The summed E-state index contributed by atoms with van der Waals surface area (Å²) in [6, 6.07) is 5.44. The first kappa shape index (κ1) is 21.1. The van der Waals surface area contributed by atoms with Crippen LogP contribution in [0.2, 0.25) is 10.0 Å². The Labute approximate surface area is 166 Å². The standard InChI is InChI=1S/C19H28Cl2N2O3/c1-19(2,3)26-18(24)22(4)15-7-9-23(10-8-15)11-12-25-17-6-5-14(20)13-16(17)21/h5-6,13,15H,7-12H2,1-4H3. The highest BCUT2D eigenvalue weighted by Gasteiger charge is 2.28. The summed E-state index contributed by atoms with van der Waals surface area (Å²) in [6.45, 7) is 8.89. The first-order valence-corrected chi connectivity index (χ1v) is 9.67. The molecule has 0 atom stereocenters. The largest absolute Gasteiger partial charge is 0.491 e. The maximum atomic E-state index is 12.2. The number of likely N-dealkylation sites (tertiary alicyclic amines) is 1. The summed E-state index contributed by atoms with van der Waals surface area (Å²) in [5.41, 5.74) is -0.466. The third kappa shape index (κ3) is 6.53. The summed E-state index contributed by atoms with van der Waals surface area (Å²) in [5, 5.41) is 1.12. The number of carbonyl (C=O) groups is 1. The molecule has 1 amide bonds. The lowest BCUT2D eigenvalue weighted by Crippen LogP contribution is -2.47. The van der Waals surface area contributed by atoms with Crippen molar-refractivity contribution in [2.75, 3.05) is 33.3 Å². The fourth-order valence-corrected chi connectivity index (χ4v) is 3.35. The van der Waals surface area contributed by atoms with E-state index in [0.29, 0.717) is 22.4 Å². The number of amides is 1. The molecule has 7 heteroatoms. The van der Waals surface area contributed by atoms with Crippen molar-refractivity contribution < 1.29 is 14.3 Å². The molecule has 1 heterocycles. The Kier molecular flexibility index (Phi) is 7.44. The van der Waals surface area contributed by atoms with Crippen molar-refractivity contribution in [1.82, 2.24) is 9.80 Å². The average molecular weight is 403 g/mol. The Morgan fingerprint density at radius 2 is 1.92 bits per heavy atom. The molecule has 0 N–H and O–H groups in total. The maximum absolute atomic E-state index is 12.2. The van der Waals surface area contributed by atoms with Gasteiger partial charge in [0.15, 0.2) is 0 Å². The summed E-state index contributed by atoms with van der Waals surface area (Å²) in [4.78, 5) is 16.2. The van der Waals surface area contributed by atoms with Crippen molar-refractivity contribution in [1.29, 1.82) is 0 Å². The molecule has 0 aromatic heterocycles. The molecule has 0 aliphatic carbocycles. The zero-order valence-corrected chi connectivity index (χ0v) is 17.4. The van der Waals surface area contributed by atoms with Gasteiger partial charge in [-0.05, 0) is 51.8 Å². The second-order valence-electron chi connectivity index (χ2n) is 7.59. The van der Waals surface area contributed by atoms with Gasteiger partial charge in [-0.1, -0.05) is 23.2 Å². The molecule has 0 saturated carbocycles. The highest BCUT2D eigenvalue weighted by molar-refractivity contribution is 6.35. The van der Waals surface area contributed by atoms with E-state index in [9.17, 15) is 4.79 Å². The van der Waals surface area contributed by atoms with E-state index in [1.165, 1.54) is 0 Å². The van der Waals surface area contributed by atoms with Gasteiger partial charge in [-0.3, -0.25) is 4.90 Å². The highest BCUT2D eigenvalue weighted by atomic mass is 35.5. The molecule has 1 fully saturated rings. The van der Waals surface area contributed by atoms with Crippen LogP contribution >= 0.6 is 23.2 Å². The third-order valence-electron chi connectivity index (χ3n) is 4.35. The van der Waals surface area contributed by atoms with Crippen LogP contribution in [0.5, 0.6) is 5.75 Å². The van der Waals surface area contributed by atoms with E-state index < -0.39 is 5.60 Å². The fraction of sp³-hybridized carbons (Fsp3) is 0.632. The number of rotatable bonds is 5. The van der Waals surface area contributed by atoms with Crippen LogP contribution < -0.4 is 4.74 Å². The van der Waals surface area contributed by atoms with Crippen molar-refractivity contribution in [3.8, 4) is 5.75 Å². The molecule has 26 heavy (non-hydrogen) atoms. The number of halogens is 2. The number of benzene rings is 1. The van der Waals surface area contributed by atoms with Gasteiger partial charge in [-0.2, -0.15) is 0 Å². The van der Waals surface area contributed by atoms with Crippen molar-refractivity contribution in [3.05, 3.63) is 28.2 Å². The van der Waals surface area contributed by atoms with Gasteiger partial charge in [0, 0.05) is 37.7 Å². The summed E-state index contributed by atoms with van der Waals surface area (Å²) in [6.07, 6.45) is 1.60. The van der Waals surface area contributed by atoms with Crippen LogP contribution in [0.15, 0.2) is 18.2 Å². The monoisotopic (exact) mass is 402 g/mol. The molecular weight excluding hydrogens is 375 g/mol. The van der Waals surface area contributed by atoms with E-state index in [2.05, 4.69) is 4.90 Å². The zero-order valence-electron chi connectivity index (χ0n) is 15.9. The van der Waals surface area contributed by atoms with E-state index in [4.69, 9.17) is 32.7 Å². The highest BCUT2D eigenvalue weighted by Crippen LogP contribution is 2.27. The number of nitrogens with zero attached hydrogens (tertiary/aromatic N) is 2. The molecule has 146 valence electrons. The van der Waals surface area contributed by atoms with Gasteiger partial charge in [0.2, 0.25) is 0 Å². The maximum Gasteiger partial charge on any atom is 0.410 e. The second-order valence-corrected chi connectivity index (χ2v) is 8.43. The normalized spacial score (nSPS) is 16.4. The summed E-state index contributed by atoms with van der Waals surface area (Å²) in [5.74, 6) is 0.649. The van der Waals surface area contributed by atoms with Crippen LogP contribution in [0.4, 0.5) is 4.79 Å². The van der Waals surface area contributed by atoms with Crippen LogP contribution in [0.3, 0.4) is 0 Å². The summed E-state index contributed by atoms with van der Waals surface area (Å²) in [7, 11) is 1.82. The van der Waals surface area contributed by atoms with E-state index in [0.717, 1.165) is 32.5 Å². The van der Waals surface area contributed by atoms with Crippen molar-refractivity contribution in [3.63, 3.8) is 0 Å². The summed E-state index contributed by atoms with van der Waals surface area (Å²) < 4.78 is 11.2. The molecule has 1 aromatic rings. The van der Waals surface area contributed by atoms with Crippen LogP contribution in [0, 0.1) is 0 Å². The zero-order chi connectivity index (χ0) is 19.3. The molecule has 0 radical (unpaired) electrons. The number of piperidine rings is 1. The molecule has 1 aromatic carbocycles. The van der Waals surface area contributed by atoms with E-state index >= 15 is 0 Å². The predicted octanol–water partition coefficient (Wildman–Crippen LogP) is 4.70. The van der Waals surface area contributed by atoms with Gasteiger partial charge < -0.3 is 14.4 Å². The molecule has 1 aliphatic heterocycles. The van der Waals surface area contributed by atoms with Crippen molar-refractivity contribution >= 4 is 29.3 Å². The third-order valence-corrected chi connectivity index (χ3v) is 4.88. The Bertz CT molecular complexity index is 611. The molecule has 1 aliphatic rings. The summed E-state index contributed by atoms with van der Waals surface area (Å²) >= 11 is 12.0. The number of hydrogen-bond acceptors (Lipinski definition) is 4. The smallest absolute Gasteiger partial charge is 0.410 e. The lowest BCUT2D eigenvalue weighted by atomic mass is 10.0. The molecule has 5 nitrogen and oxygen atoms in total. The molecule has 0 spiro atoms. The van der Waals surface area contributed by atoms with E-state index in [-0.39, 0.29) is 12.1 Å². The fourth-order valence-electron chi connectivity index (χ4n) is 2.89. The Balaban J connectivity index is 1.72. The number of carbonyl (C=O) groups excluding carboxylic acids is 1. The van der Waals surface area contributed by atoms with Gasteiger partial charge in [0.1, 0.15) is 18.0 Å². The molecular formula is C19H28Cl2N2O3. The quantitative estimate of drug-likeness (QED) is 0.715. The number of hydrogen-bond donors (Lipinski definition) is 0. The SMILES string of the molecule is CN(C(=O)OC(C)(C)C)C1CCN(CCOc2ccc(Cl)cc2Cl)CC1. The van der Waals surface area contributed by atoms with Gasteiger partial charge in [0.25, 0.3) is 0 Å². The van der Waals surface area contributed by atoms with Crippen molar-refractivity contribution in [2.24, 2.45) is 0 Å². The average Bonchev–Trinajstić information content (AvgIpc) is 2.55. The Hall–Kier alpha value is -1.17. The van der Waals surface area contributed by atoms with Gasteiger partial charge in [-0.15, -0.1) is 0 Å². The minimum Gasteiger partial charge on any atom is -0.491 e. The van der Waals surface area contributed by atoms with Gasteiger partial charge in [0.05, 0.1) is 5.02 Å². The number of ether oxygens (including phenoxy) is 2. The first-order valence-electron chi connectivity index (χ1n) is 8.92. The van der Waals surface area contributed by atoms with Crippen molar-refractivity contribution in [2.45, 2.75) is 45.3 Å². The van der Waals surface area contributed by atoms with Gasteiger partial charge >= 0.3 is 6.09 Å². The topological polar surface area (TPSA) is 42.0 Å². The van der Waals surface area contributed by atoms with Crippen LogP contribution in [0.1, 0.15) is 33.6 Å². The molecule has 1 saturated heterocycles. The van der Waals surface area contributed by atoms with Crippen LogP contribution in [-0.2, 0) is 4.74 Å². The van der Waals surface area contributed by atoms with E-state index in [1.807, 2.05) is 27.8 Å². The van der Waals surface area contributed by atoms with Crippen LogP contribution in [-0.4, -0.2) is 60.8 Å². The molecule has 0 bridgehead atoms. The molecule has 0 unspecified atom stereocenters.